The van der Waals surface area contributed by atoms with Crippen LogP contribution in [0.5, 0.6) is 0 Å². The van der Waals surface area contributed by atoms with Crippen molar-refractivity contribution in [3.05, 3.63) is 66.2 Å². The fourth-order valence-corrected chi connectivity index (χ4v) is 4.05. The summed E-state index contributed by atoms with van der Waals surface area (Å²) in [6, 6.07) is 16.9. The van der Waals surface area contributed by atoms with E-state index < -0.39 is 28.7 Å². The van der Waals surface area contributed by atoms with Crippen molar-refractivity contribution in [1.82, 2.24) is 14.5 Å². The van der Waals surface area contributed by atoms with Gasteiger partial charge in [-0.25, -0.2) is 4.31 Å². The van der Waals surface area contributed by atoms with Crippen LogP contribution in [0, 0.1) is 0 Å². The molecule has 0 saturated heterocycles. The SMILES string of the molecule is CCNC(=O)C(C)N(Cc1ccccc1)C(=O)CN(c1ccccc1)S(=O)(=O)N(C)C. The Hall–Kier alpha value is -2.91. The van der Waals surface area contributed by atoms with E-state index in [9.17, 15) is 18.0 Å². The van der Waals surface area contributed by atoms with E-state index in [2.05, 4.69) is 5.32 Å². The topological polar surface area (TPSA) is 90.0 Å². The second-order valence-corrected chi connectivity index (χ2v) is 9.28. The van der Waals surface area contributed by atoms with E-state index in [4.69, 9.17) is 0 Å². The minimum atomic E-state index is -3.93. The van der Waals surface area contributed by atoms with Crippen LogP contribution in [0.15, 0.2) is 60.7 Å². The van der Waals surface area contributed by atoms with Crippen LogP contribution in [-0.2, 0) is 26.3 Å². The molecule has 31 heavy (non-hydrogen) atoms. The number of nitrogens with one attached hydrogen (secondary N) is 1. The Morgan fingerprint density at radius 3 is 2.03 bits per heavy atom. The predicted molar refractivity (Wildman–Crippen MR) is 122 cm³/mol. The second-order valence-electron chi connectivity index (χ2n) is 7.21. The Morgan fingerprint density at radius 2 is 1.52 bits per heavy atom. The fraction of sp³-hybridized carbons (Fsp3) is 0.364. The third kappa shape index (κ3) is 6.28. The van der Waals surface area contributed by atoms with Gasteiger partial charge in [-0.15, -0.1) is 0 Å². The fourth-order valence-electron chi connectivity index (χ4n) is 3.00. The number of hydrogen-bond donors (Lipinski definition) is 1. The molecular formula is C22H30N4O4S. The minimum Gasteiger partial charge on any atom is -0.355 e. The van der Waals surface area contributed by atoms with Crippen molar-refractivity contribution in [3.63, 3.8) is 0 Å². The summed E-state index contributed by atoms with van der Waals surface area (Å²) in [6.45, 7) is 3.62. The Kier molecular flexibility index (Phi) is 8.58. The van der Waals surface area contributed by atoms with E-state index in [0.717, 1.165) is 14.2 Å². The highest BCUT2D eigenvalue weighted by Gasteiger charge is 2.32. The smallest absolute Gasteiger partial charge is 0.304 e. The molecule has 0 spiro atoms. The van der Waals surface area contributed by atoms with Gasteiger partial charge in [0, 0.05) is 27.2 Å². The number of carbonyl (C=O) groups is 2. The molecule has 1 atom stereocenters. The van der Waals surface area contributed by atoms with Gasteiger partial charge in [0.05, 0.1) is 5.69 Å². The van der Waals surface area contributed by atoms with Gasteiger partial charge >= 0.3 is 10.2 Å². The molecule has 1 N–H and O–H groups in total. The van der Waals surface area contributed by atoms with Crippen LogP contribution in [0.1, 0.15) is 19.4 Å². The summed E-state index contributed by atoms with van der Waals surface area (Å²) in [4.78, 5) is 27.3. The number of carbonyl (C=O) groups excluding carboxylic acids is 2. The number of para-hydroxylation sites is 1. The van der Waals surface area contributed by atoms with Crippen LogP contribution in [0.3, 0.4) is 0 Å². The summed E-state index contributed by atoms with van der Waals surface area (Å²) in [6.07, 6.45) is 0. The number of nitrogens with zero attached hydrogens (tertiary/aromatic N) is 3. The first-order chi connectivity index (χ1) is 14.7. The maximum absolute atomic E-state index is 13.4. The van der Waals surface area contributed by atoms with Crippen molar-refractivity contribution < 1.29 is 18.0 Å². The van der Waals surface area contributed by atoms with Crippen LogP contribution >= 0.6 is 0 Å². The molecule has 0 aliphatic rings. The van der Waals surface area contributed by atoms with Gasteiger partial charge in [0.1, 0.15) is 12.6 Å². The number of benzene rings is 2. The number of anilines is 1. The van der Waals surface area contributed by atoms with E-state index in [0.29, 0.717) is 12.2 Å². The molecule has 2 aromatic carbocycles. The second kappa shape index (κ2) is 10.9. The molecule has 2 amide bonds. The van der Waals surface area contributed by atoms with Gasteiger partial charge in [-0.3, -0.25) is 9.59 Å². The average molecular weight is 447 g/mol. The Bertz CT molecular complexity index is 966. The predicted octanol–water partition coefficient (Wildman–Crippen LogP) is 1.85. The summed E-state index contributed by atoms with van der Waals surface area (Å²) in [5.74, 6) is -0.773. The van der Waals surface area contributed by atoms with Crippen molar-refractivity contribution >= 4 is 27.7 Å². The lowest BCUT2D eigenvalue weighted by Gasteiger charge is -2.32. The van der Waals surface area contributed by atoms with Crippen molar-refractivity contribution in [3.8, 4) is 0 Å². The standard InChI is InChI=1S/C22H30N4O4S/c1-5-23-22(28)18(2)25(16-19-12-8-6-9-13-19)21(27)17-26(31(29,30)24(3)4)20-14-10-7-11-15-20/h6-15,18H,5,16-17H2,1-4H3,(H,23,28). The lowest BCUT2D eigenvalue weighted by Crippen LogP contribution is -2.52. The van der Waals surface area contributed by atoms with Gasteiger partial charge in [-0.2, -0.15) is 12.7 Å². The van der Waals surface area contributed by atoms with Crippen molar-refractivity contribution in [2.24, 2.45) is 0 Å². The molecule has 8 nitrogen and oxygen atoms in total. The van der Waals surface area contributed by atoms with Crippen LogP contribution in [0.4, 0.5) is 5.69 Å². The van der Waals surface area contributed by atoms with Crippen LogP contribution in [-0.4, -0.2) is 62.7 Å². The van der Waals surface area contributed by atoms with Gasteiger partial charge in [0.2, 0.25) is 11.8 Å². The monoisotopic (exact) mass is 446 g/mol. The Balaban J connectivity index is 2.39. The number of likely N-dealkylation sites (N-methyl/N-ethyl adjacent to an activating group) is 1. The first-order valence-electron chi connectivity index (χ1n) is 10.0. The van der Waals surface area contributed by atoms with Gasteiger partial charge in [0.25, 0.3) is 0 Å². The number of rotatable bonds is 10. The molecule has 2 aromatic rings. The summed E-state index contributed by atoms with van der Waals surface area (Å²) in [7, 11) is -1.11. The van der Waals surface area contributed by atoms with Crippen molar-refractivity contribution in [2.45, 2.75) is 26.4 Å². The first-order valence-corrected chi connectivity index (χ1v) is 11.4. The zero-order chi connectivity index (χ0) is 23.0. The third-order valence-corrected chi connectivity index (χ3v) is 6.60. The Labute approximate surface area is 184 Å². The molecule has 0 bridgehead atoms. The zero-order valence-electron chi connectivity index (χ0n) is 18.4. The van der Waals surface area contributed by atoms with Crippen LogP contribution in [0.25, 0.3) is 0 Å². The van der Waals surface area contributed by atoms with E-state index in [1.807, 2.05) is 30.3 Å². The maximum Gasteiger partial charge on any atom is 0.304 e. The lowest BCUT2D eigenvalue weighted by atomic mass is 10.1. The molecule has 0 saturated carbocycles. The third-order valence-electron chi connectivity index (χ3n) is 4.78. The molecule has 0 aromatic heterocycles. The molecule has 0 heterocycles. The molecule has 168 valence electrons. The van der Waals surface area contributed by atoms with E-state index in [-0.39, 0.29) is 12.5 Å². The molecule has 1 unspecified atom stereocenters. The van der Waals surface area contributed by atoms with Crippen LogP contribution in [0.2, 0.25) is 0 Å². The molecule has 0 aliphatic carbocycles. The van der Waals surface area contributed by atoms with Crippen molar-refractivity contribution in [2.75, 3.05) is 31.5 Å². The van der Waals surface area contributed by atoms with Crippen LogP contribution < -0.4 is 9.62 Å². The zero-order valence-corrected chi connectivity index (χ0v) is 19.2. The summed E-state index contributed by atoms with van der Waals surface area (Å²) in [5, 5.41) is 2.73. The normalized spacial score (nSPS) is 12.3. The van der Waals surface area contributed by atoms with Gasteiger partial charge in [-0.1, -0.05) is 48.5 Å². The lowest BCUT2D eigenvalue weighted by molar-refractivity contribution is -0.139. The van der Waals surface area contributed by atoms with Crippen molar-refractivity contribution in [1.29, 1.82) is 0 Å². The summed E-state index contributed by atoms with van der Waals surface area (Å²) >= 11 is 0. The van der Waals surface area contributed by atoms with Gasteiger partial charge < -0.3 is 10.2 Å². The summed E-state index contributed by atoms with van der Waals surface area (Å²) in [5.41, 5.74) is 1.21. The molecule has 9 heteroatoms. The van der Waals surface area contributed by atoms with Gasteiger partial charge in [-0.05, 0) is 31.5 Å². The average Bonchev–Trinajstić information content (AvgIpc) is 2.76. The maximum atomic E-state index is 13.4. The number of amides is 2. The highest BCUT2D eigenvalue weighted by atomic mass is 32.2. The minimum absolute atomic E-state index is 0.183. The van der Waals surface area contributed by atoms with Gasteiger partial charge in [0.15, 0.2) is 0 Å². The molecule has 0 radical (unpaired) electrons. The van der Waals surface area contributed by atoms with E-state index >= 15 is 0 Å². The largest absolute Gasteiger partial charge is 0.355 e. The highest BCUT2D eigenvalue weighted by Crippen LogP contribution is 2.20. The van der Waals surface area contributed by atoms with E-state index in [1.165, 1.54) is 19.0 Å². The van der Waals surface area contributed by atoms with E-state index in [1.54, 1.807) is 44.2 Å². The molecular weight excluding hydrogens is 416 g/mol. The molecule has 0 aliphatic heterocycles. The summed E-state index contributed by atoms with van der Waals surface area (Å²) < 4.78 is 28.0. The molecule has 0 fully saturated rings. The quantitative estimate of drug-likeness (QED) is 0.603. The molecule has 2 rings (SSSR count). The highest BCUT2D eigenvalue weighted by molar-refractivity contribution is 7.90. The Morgan fingerprint density at radius 1 is 0.968 bits per heavy atom. The first kappa shape index (κ1) is 24.4. The number of hydrogen-bond acceptors (Lipinski definition) is 4.